The number of hydrogen-bond acceptors (Lipinski definition) is 2. The Morgan fingerprint density at radius 1 is 1.37 bits per heavy atom. The number of aromatic nitrogens is 2. The van der Waals surface area contributed by atoms with Gasteiger partial charge in [-0.15, -0.1) is 0 Å². The zero-order valence-electron chi connectivity index (χ0n) is 10.2. The zero-order valence-corrected chi connectivity index (χ0v) is 10.2. The van der Waals surface area contributed by atoms with Gasteiger partial charge < -0.3 is 5.11 Å². The van der Waals surface area contributed by atoms with Crippen molar-refractivity contribution in [2.75, 3.05) is 0 Å². The Hall–Kier alpha value is -2.24. The van der Waals surface area contributed by atoms with Crippen molar-refractivity contribution in [2.45, 2.75) is 12.8 Å². The highest BCUT2D eigenvalue weighted by Gasteiger charge is 2.15. The summed E-state index contributed by atoms with van der Waals surface area (Å²) in [5, 5.41) is 12.8. The Kier molecular flexibility index (Phi) is 3.59. The van der Waals surface area contributed by atoms with Crippen molar-refractivity contribution < 1.29 is 18.7 Å². The summed E-state index contributed by atoms with van der Waals surface area (Å²) < 4.78 is 28.4. The summed E-state index contributed by atoms with van der Waals surface area (Å²) in [6.07, 6.45) is 1.61. The van der Waals surface area contributed by atoms with E-state index < -0.39 is 17.6 Å². The van der Waals surface area contributed by atoms with Gasteiger partial charge in [0.1, 0.15) is 11.6 Å². The summed E-state index contributed by atoms with van der Waals surface area (Å²) in [5.41, 5.74) is 0.948. The average molecular weight is 266 g/mol. The fourth-order valence-electron chi connectivity index (χ4n) is 1.87. The second-order valence-electron chi connectivity index (χ2n) is 4.18. The molecule has 6 heteroatoms. The van der Waals surface area contributed by atoms with E-state index in [0.29, 0.717) is 11.3 Å². The Labute approximate surface area is 108 Å². The lowest BCUT2D eigenvalue weighted by Crippen LogP contribution is -2.00. The van der Waals surface area contributed by atoms with Crippen LogP contribution in [0.4, 0.5) is 8.78 Å². The molecule has 100 valence electrons. The molecule has 1 N–H and O–H groups in total. The summed E-state index contributed by atoms with van der Waals surface area (Å²) in [4.78, 5) is 10.6. The Bertz CT molecular complexity index is 623. The van der Waals surface area contributed by atoms with Gasteiger partial charge in [0.15, 0.2) is 0 Å². The number of aliphatic carboxylic acids is 1. The SMILES string of the molecule is Cn1cc(-c2cc(F)ccc2F)c(CCC(=O)O)n1. The van der Waals surface area contributed by atoms with Crippen molar-refractivity contribution in [1.82, 2.24) is 9.78 Å². The number of benzene rings is 1. The van der Waals surface area contributed by atoms with E-state index in [0.717, 1.165) is 18.2 Å². The Morgan fingerprint density at radius 3 is 2.79 bits per heavy atom. The molecule has 1 aromatic heterocycles. The van der Waals surface area contributed by atoms with Crippen molar-refractivity contribution >= 4 is 5.97 Å². The van der Waals surface area contributed by atoms with Crippen molar-refractivity contribution in [3.05, 3.63) is 41.7 Å². The molecule has 19 heavy (non-hydrogen) atoms. The molecule has 0 saturated carbocycles. The molecule has 0 saturated heterocycles. The number of carbonyl (C=O) groups is 1. The minimum atomic E-state index is -0.962. The molecule has 0 amide bonds. The van der Waals surface area contributed by atoms with Gasteiger partial charge in [-0.1, -0.05) is 0 Å². The quantitative estimate of drug-likeness (QED) is 0.924. The smallest absolute Gasteiger partial charge is 0.303 e. The molecule has 0 atom stereocenters. The summed E-state index contributed by atoms with van der Waals surface area (Å²) >= 11 is 0. The topological polar surface area (TPSA) is 55.1 Å². The number of halogens is 2. The third-order valence-electron chi connectivity index (χ3n) is 2.70. The van der Waals surface area contributed by atoms with Gasteiger partial charge in [-0.25, -0.2) is 8.78 Å². The maximum atomic E-state index is 13.7. The zero-order chi connectivity index (χ0) is 14.0. The van der Waals surface area contributed by atoms with Gasteiger partial charge in [0, 0.05) is 30.8 Å². The van der Waals surface area contributed by atoms with Crippen LogP contribution >= 0.6 is 0 Å². The van der Waals surface area contributed by atoms with Gasteiger partial charge in [0.2, 0.25) is 0 Å². The third-order valence-corrected chi connectivity index (χ3v) is 2.70. The van der Waals surface area contributed by atoms with E-state index in [1.165, 1.54) is 4.68 Å². The molecule has 0 aliphatic carbocycles. The van der Waals surface area contributed by atoms with Gasteiger partial charge >= 0.3 is 5.97 Å². The van der Waals surface area contributed by atoms with Crippen molar-refractivity contribution in [3.8, 4) is 11.1 Å². The first kappa shape index (κ1) is 13.2. The molecule has 0 fully saturated rings. The molecule has 0 bridgehead atoms. The average Bonchev–Trinajstić information content (AvgIpc) is 2.71. The monoisotopic (exact) mass is 266 g/mol. The van der Waals surface area contributed by atoms with Crippen molar-refractivity contribution in [2.24, 2.45) is 7.05 Å². The van der Waals surface area contributed by atoms with Crippen LogP contribution in [-0.2, 0) is 18.3 Å². The van der Waals surface area contributed by atoms with Gasteiger partial charge in [-0.05, 0) is 18.2 Å². The second-order valence-corrected chi connectivity index (χ2v) is 4.18. The molecule has 1 aromatic carbocycles. The number of rotatable bonds is 4. The first-order chi connectivity index (χ1) is 8.97. The number of aryl methyl sites for hydroxylation is 2. The maximum Gasteiger partial charge on any atom is 0.303 e. The maximum absolute atomic E-state index is 13.7. The number of carboxylic acid groups (broad SMARTS) is 1. The molecule has 2 rings (SSSR count). The van der Waals surface area contributed by atoms with E-state index in [2.05, 4.69) is 5.10 Å². The van der Waals surface area contributed by atoms with Gasteiger partial charge in [-0.2, -0.15) is 5.10 Å². The van der Waals surface area contributed by atoms with Crippen molar-refractivity contribution in [1.29, 1.82) is 0 Å². The van der Waals surface area contributed by atoms with Crippen LogP contribution in [0.5, 0.6) is 0 Å². The summed E-state index contributed by atoms with van der Waals surface area (Å²) in [5.74, 6) is -2.08. The highest BCUT2D eigenvalue weighted by Crippen LogP contribution is 2.27. The first-order valence-electron chi connectivity index (χ1n) is 5.67. The third kappa shape index (κ3) is 2.96. The van der Waals surface area contributed by atoms with Gasteiger partial charge in [-0.3, -0.25) is 9.48 Å². The Balaban J connectivity index is 2.43. The fourth-order valence-corrected chi connectivity index (χ4v) is 1.87. The number of carboxylic acids is 1. The van der Waals surface area contributed by atoms with Crippen LogP contribution in [0.1, 0.15) is 12.1 Å². The predicted octanol–water partition coefficient (Wildman–Crippen LogP) is 2.38. The van der Waals surface area contributed by atoms with E-state index in [1.54, 1.807) is 13.2 Å². The molecule has 0 aliphatic rings. The number of nitrogens with zero attached hydrogens (tertiary/aromatic N) is 2. The molecule has 1 heterocycles. The highest BCUT2D eigenvalue weighted by atomic mass is 19.1. The van der Waals surface area contributed by atoms with Gasteiger partial charge in [0.25, 0.3) is 0 Å². The summed E-state index contributed by atoms with van der Waals surface area (Å²) in [7, 11) is 1.64. The minimum Gasteiger partial charge on any atom is -0.481 e. The molecule has 2 aromatic rings. The van der Waals surface area contributed by atoms with Crippen LogP contribution in [0.25, 0.3) is 11.1 Å². The van der Waals surface area contributed by atoms with Crippen LogP contribution in [0.3, 0.4) is 0 Å². The van der Waals surface area contributed by atoms with E-state index in [-0.39, 0.29) is 18.4 Å². The standard InChI is InChI=1S/C13H12F2N2O2/c1-17-7-10(12(16-17)4-5-13(18)19)9-6-8(14)2-3-11(9)15/h2-3,6-7H,4-5H2,1H3,(H,18,19). The fraction of sp³-hybridized carbons (Fsp3) is 0.231. The largest absolute Gasteiger partial charge is 0.481 e. The molecule has 0 spiro atoms. The second kappa shape index (κ2) is 5.17. The Morgan fingerprint density at radius 2 is 2.11 bits per heavy atom. The normalized spacial score (nSPS) is 10.7. The van der Waals surface area contributed by atoms with Crippen LogP contribution in [-0.4, -0.2) is 20.9 Å². The molecular weight excluding hydrogens is 254 g/mol. The van der Waals surface area contributed by atoms with Crippen LogP contribution in [0.15, 0.2) is 24.4 Å². The lowest BCUT2D eigenvalue weighted by Gasteiger charge is -2.03. The molecule has 0 unspecified atom stereocenters. The highest BCUT2D eigenvalue weighted by molar-refractivity contribution is 5.69. The van der Waals surface area contributed by atoms with Crippen LogP contribution in [0, 0.1) is 11.6 Å². The molecular formula is C13H12F2N2O2. The van der Waals surface area contributed by atoms with E-state index >= 15 is 0 Å². The predicted molar refractivity (Wildman–Crippen MR) is 64.5 cm³/mol. The summed E-state index contributed by atoms with van der Waals surface area (Å²) in [6.45, 7) is 0. The molecule has 0 aliphatic heterocycles. The van der Waals surface area contributed by atoms with Crippen LogP contribution < -0.4 is 0 Å². The van der Waals surface area contributed by atoms with E-state index in [9.17, 15) is 13.6 Å². The van der Waals surface area contributed by atoms with E-state index in [1.807, 2.05) is 0 Å². The minimum absolute atomic E-state index is 0.0912. The van der Waals surface area contributed by atoms with Gasteiger partial charge in [0.05, 0.1) is 12.1 Å². The lowest BCUT2D eigenvalue weighted by atomic mass is 10.0. The van der Waals surface area contributed by atoms with E-state index in [4.69, 9.17) is 5.11 Å². The lowest BCUT2D eigenvalue weighted by molar-refractivity contribution is -0.136. The van der Waals surface area contributed by atoms with Crippen molar-refractivity contribution in [3.63, 3.8) is 0 Å². The van der Waals surface area contributed by atoms with Crippen LogP contribution in [0.2, 0.25) is 0 Å². The molecule has 0 radical (unpaired) electrons. The molecule has 4 nitrogen and oxygen atoms in total. The number of hydrogen-bond donors (Lipinski definition) is 1. The summed E-state index contributed by atoms with van der Waals surface area (Å²) in [6, 6.07) is 3.15. The first-order valence-corrected chi connectivity index (χ1v) is 5.67.